The van der Waals surface area contributed by atoms with Gasteiger partial charge in [-0.3, -0.25) is 9.78 Å². The zero-order chi connectivity index (χ0) is 27.5. The number of nitrogens with one attached hydrogen (secondary N) is 2. The van der Waals surface area contributed by atoms with Crippen LogP contribution < -0.4 is 15.4 Å². The van der Waals surface area contributed by atoms with Gasteiger partial charge in [0.1, 0.15) is 5.75 Å². The molecule has 2 aromatic heterocycles. The van der Waals surface area contributed by atoms with Crippen LogP contribution in [0.1, 0.15) is 29.9 Å². The van der Waals surface area contributed by atoms with E-state index >= 15 is 0 Å². The molecule has 7 nitrogen and oxygen atoms in total. The van der Waals surface area contributed by atoms with Crippen molar-refractivity contribution in [2.24, 2.45) is 0 Å². The van der Waals surface area contributed by atoms with Crippen LogP contribution in [0.2, 0.25) is 0 Å². The number of methoxy groups -OCH3 is 1. The zero-order valence-corrected chi connectivity index (χ0v) is 22.8. The molecule has 1 amide bonds. The maximum atomic E-state index is 13.2. The van der Waals surface area contributed by atoms with Gasteiger partial charge in [0.05, 0.1) is 24.9 Å². The number of carbonyl (C=O) groups excluding carboxylic acids is 1. The highest BCUT2D eigenvalue weighted by atomic mass is 32.1. The average molecular weight is 548 g/mol. The second-order valence-corrected chi connectivity index (χ2v) is 10.0. The quantitative estimate of drug-likeness (QED) is 0.231. The normalized spacial score (nSPS) is 16.6. The van der Waals surface area contributed by atoms with Gasteiger partial charge in [0.2, 0.25) is 5.91 Å². The molecule has 5 aromatic rings. The molecule has 0 saturated carbocycles. The Morgan fingerprint density at radius 3 is 2.67 bits per heavy atom. The minimum absolute atomic E-state index is 0.0673. The lowest BCUT2D eigenvalue weighted by Crippen LogP contribution is -2.33. The van der Waals surface area contributed by atoms with E-state index in [2.05, 4.69) is 31.2 Å². The minimum Gasteiger partial charge on any atom is -0.497 e. The van der Waals surface area contributed by atoms with Crippen molar-refractivity contribution in [3.05, 3.63) is 121 Å². The van der Waals surface area contributed by atoms with Crippen molar-refractivity contribution >= 4 is 39.7 Å². The highest BCUT2D eigenvalue weighted by Crippen LogP contribution is 2.40. The predicted molar refractivity (Wildman–Crippen MR) is 162 cm³/mol. The lowest BCUT2D eigenvalue weighted by atomic mass is 10.0. The number of fused-ring (bicyclic) bond motifs is 1. The lowest BCUT2D eigenvalue weighted by Gasteiger charge is -2.29. The van der Waals surface area contributed by atoms with Crippen LogP contribution in [-0.4, -0.2) is 39.1 Å². The summed E-state index contributed by atoms with van der Waals surface area (Å²) in [6.07, 6.45) is 4.10. The molecule has 2 atom stereocenters. The first-order valence-corrected chi connectivity index (χ1v) is 13.6. The number of benzene rings is 3. The van der Waals surface area contributed by atoms with Gasteiger partial charge in [0.25, 0.3) is 0 Å². The van der Waals surface area contributed by atoms with Crippen molar-refractivity contribution in [2.75, 3.05) is 19.0 Å². The molecule has 1 fully saturated rings. The summed E-state index contributed by atoms with van der Waals surface area (Å²) in [5, 5.41) is 9.28. The van der Waals surface area contributed by atoms with Crippen molar-refractivity contribution < 1.29 is 9.53 Å². The number of amides is 1. The van der Waals surface area contributed by atoms with Crippen molar-refractivity contribution in [1.29, 1.82) is 0 Å². The van der Waals surface area contributed by atoms with Crippen molar-refractivity contribution in [3.63, 3.8) is 0 Å². The summed E-state index contributed by atoms with van der Waals surface area (Å²) < 4.78 is 7.62. The molecule has 0 spiro atoms. The van der Waals surface area contributed by atoms with E-state index in [1.807, 2.05) is 97.2 Å². The van der Waals surface area contributed by atoms with Gasteiger partial charge in [0, 0.05) is 53.9 Å². The largest absolute Gasteiger partial charge is 0.497 e. The van der Waals surface area contributed by atoms with Crippen LogP contribution in [0.5, 0.6) is 5.75 Å². The third-order valence-electron chi connectivity index (χ3n) is 7.26. The highest BCUT2D eigenvalue weighted by molar-refractivity contribution is 7.80. The molecule has 6 rings (SSSR count). The number of aromatic nitrogens is 2. The summed E-state index contributed by atoms with van der Waals surface area (Å²) >= 11 is 5.84. The predicted octanol–water partition coefficient (Wildman–Crippen LogP) is 6.04. The van der Waals surface area contributed by atoms with Gasteiger partial charge >= 0.3 is 0 Å². The van der Waals surface area contributed by atoms with Gasteiger partial charge in [-0.2, -0.15) is 0 Å². The van der Waals surface area contributed by atoms with Gasteiger partial charge in [-0.1, -0.05) is 48.5 Å². The Morgan fingerprint density at radius 1 is 1.00 bits per heavy atom. The fraction of sp³-hybridized carbons (Fsp3) is 0.156. The van der Waals surface area contributed by atoms with Gasteiger partial charge < -0.3 is 24.8 Å². The Labute approximate surface area is 238 Å². The summed E-state index contributed by atoms with van der Waals surface area (Å²) in [7, 11) is 1.66. The molecule has 0 bridgehead atoms. The van der Waals surface area contributed by atoms with E-state index in [0.717, 1.165) is 39.3 Å². The molecule has 1 saturated heterocycles. The summed E-state index contributed by atoms with van der Waals surface area (Å²) in [6, 6.07) is 31.5. The molecule has 2 N–H and O–H groups in total. The second kappa shape index (κ2) is 11.2. The monoisotopic (exact) mass is 547 g/mol. The van der Waals surface area contributed by atoms with Crippen molar-refractivity contribution in [2.45, 2.75) is 18.5 Å². The third-order valence-corrected chi connectivity index (χ3v) is 7.61. The van der Waals surface area contributed by atoms with E-state index in [1.54, 1.807) is 13.3 Å². The molecule has 8 heteroatoms. The van der Waals surface area contributed by atoms with Crippen LogP contribution in [0.25, 0.3) is 16.5 Å². The molecule has 1 aliphatic heterocycles. The number of thiocarbonyl (C=S) groups is 1. The third kappa shape index (κ3) is 5.01. The SMILES string of the molecule is COc1cccc(-n2cccc2[C@@H]2[C@@H](c3ccccn3)NC(=S)N2CCC(=O)Nc2cccc3ccccc23)c1. The number of pyridine rings is 1. The Bertz CT molecular complexity index is 1660. The lowest BCUT2D eigenvalue weighted by molar-refractivity contribution is -0.116. The Kier molecular flexibility index (Phi) is 7.16. The second-order valence-electron chi connectivity index (χ2n) is 9.65. The van der Waals surface area contributed by atoms with E-state index in [9.17, 15) is 4.79 Å². The van der Waals surface area contributed by atoms with Crippen LogP contribution in [0.4, 0.5) is 5.69 Å². The first-order valence-electron chi connectivity index (χ1n) is 13.2. The zero-order valence-electron chi connectivity index (χ0n) is 22.0. The molecule has 0 radical (unpaired) electrons. The molecule has 3 aromatic carbocycles. The van der Waals surface area contributed by atoms with Crippen LogP contribution in [0.15, 0.2) is 109 Å². The fourth-order valence-electron chi connectivity index (χ4n) is 5.37. The number of anilines is 1. The molecule has 1 aliphatic rings. The minimum atomic E-state index is -0.186. The van der Waals surface area contributed by atoms with Crippen molar-refractivity contribution in [3.8, 4) is 11.4 Å². The molecule has 200 valence electrons. The number of carbonyl (C=O) groups is 1. The van der Waals surface area contributed by atoms with E-state index < -0.39 is 0 Å². The summed E-state index contributed by atoms with van der Waals surface area (Å²) in [5.41, 5.74) is 3.70. The molecule has 0 aliphatic carbocycles. The molecular formula is C32H29N5O2S. The number of hydrogen-bond acceptors (Lipinski definition) is 4. The molecule has 0 unspecified atom stereocenters. The van der Waals surface area contributed by atoms with Gasteiger partial charge in [0.15, 0.2) is 5.11 Å². The topological polar surface area (TPSA) is 71.4 Å². The van der Waals surface area contributed by atoms with E-state index in [0.29, 0.717) is 11.7 Å². The van der Waals surface area contributed by atoms with Gasteiger partial charge in [-0.25, -0.2) is 0 Å². The number of nitrogens with zero attached hydrogens (tertiary/aromatic N) is 3. The van der Waals surface area contributed by atoms with E-state index in [4.69, 9.17) is 17.0 Å². The van der Waals surface area contributed by atoms with E-state index in [1.165, 1.54) is 0 Å². The highest BCUT2D eigenvalue weighted by Gasteiger charge is 2.41. The van der Waals surface area contributed by atoms with Crippen molar-refractivity contribution in [1.82, 2.24) is 19.8 Å². The Morgan fingerprint density at radius 2 is 1.82 bits per heavy atom. The summed E-state index contributed by atoms with van der Waals surface area (Å²) in [4.78, 5) is 19.9. The molecule has 40 heavy (non-hydrogen) atoms. The Hall–Kier alpha value is -4.69. The van der Waals surface area contributed by atoms with Crippen LogP contribution >= 0.6 is 12.2 Å². The number of rotatable bonds is 8. The maximum Gasteiger partial charge on any atom is 0.226 e. The number of hydrogen-bond donors (Lipinski definition) is 2. The first kappa shape index (κ1) is 25.6. The van der Waals surface area contributed by atoms with Gasteiger partial charge in [-0.15, -0.1) is 0 Å². The smallest absolute Gasteiger partial charge is 0.226 e. The van der Waals surface area contributed by atoms with Gasteiger partial charge in [-0.05, 0) is 60.1 Å². The fourth-order valence-corrected chi connectivity index (χ4v) is 5.70. The average Bonchev–Trinajstić information content (AvgIpc) is 3.61. The van der Waals surface area contributed by atoms with Crippen LogP contribution in [0.3, 0.4) is 0 Å². The Balaban J connectivity index is 1.29. The van der Waals surface area contributed by atoms with Crippen LogP contribution in [0, 0.1) is 0 Å². The summed E-state index contributed by atoms with van der Waals surface area (Å²) in [6.45, 7) is 0.444. The summed E-state index contributed by atoms with van der Waals surface area (Å²) in [5.74, 6) is 0.711. The molecular weight excluding hydrogens is 518 g/mol. The number of ether oxygens (including phenoxy) is 1. The maximum absolute atomic E-state index is 13.2. The standard InChI is InChI=1S/C32H29N5O2S/c1-39-24-12-7-11-23(21-24)36-19-8-16-28(36)31-30(27-14-4-5-18-33-27)35-32(40)37(31)20-17-29(38)34-26-15-6-10-22-9-2-3-13-25(22)26/h2-16,18-19,21,30-31H,17,20H2,1H3,(H,34,38)(H,35,40)/t30-,31-/m1/s1. The van der Waals surface area contributed by atoms with E-state index in [-0.39, 0.29) is 24.4 Å². The van der Waals surface area contributed by atoms with Crippen LogP contribution in [-0.2, 0) is 4.79 Å². The molecule has 3 heterocycles. The first-order chi connectivity index (χ1) is 19.6.